The van der Waals surface area contributed by atoms with Gasteiger partial charge in [-0.2, -0.15) is 0 Å². The molecule has 1 aliphatic rings. The molecule has 1 aromatic rings. The standard InChI is InChI=1S/C13H19N3O2/c17-13(18)15-9-11-3-7-16(8-4-11)10-12-1-5-14-6-2-12/h1-2,5-6,11,15H,3-4,7-10H2,(H,17,18). The first-order valence-electron chi connectivity index (χ1n) is 6.32. The number of nitrogens with zero attached hydrogens (tertiary/aromatic N) is 2. The summed E-state index contributed by atoms with van der Waals surface area (Å²) >= 11 is 0. The highest BCUT2D eigenvalue weighted by Crippen LogP contribution is 2.18. The van der Waals surface area contributed by atoms with Crippen LogP contribution in [0.4, 0.5) is 4.79 Å². The van der Waals surface area contributed by atoms with E-state index < -0.39 is 6.09 Å². The summed E-state index contributed by atoms with van der Waals surface area (Å²) in [5, 5.41) is 11.0. The molecule has 5 nitrogen and oxygen atoms in total. The van der Waals surface area contributed by atoms with E-state index in [0.717, 1.165) is 32.5 Å². The number of aromatic nitrogens is 1. The van der Waals surface area contributed by atoms with E-state index in [1.165, 1.54) is 5.56 Å². The number of likely N-dealkylation sites (tertiary alicyclic amines) is 1. The first-order valence-corrected chi connectivity index (χ1v) is 6.32. The van der Waals surface area contributed by atoms with E-state index in [1.807, 2.05) is 24.5 Å². The number of amides is 1. The minimum Gasteiger partial charge on any atom is -0.465 e. The van der Waals surface area contributed by atoms with Gasteiger partial charge < -0.3 is 10.4 Å². The largest absolute Gasteiger partial charge is 0.465 e. The van der Waals surface area contributed by atoms with Gasteiger partial charge in [-0.3, -0.25) is 9.88 Å². The number of hydrogen-bond acceptors (Lipinski definition) is 3. The third-order valence-electron chi connectivity index (χ3n) is 3.40. The van der Waals surface area contributed by atoms with Gasteiger partial charge >= 0.3 is 6.09 Å². The zero-order valence-electron chi connectivity index (χ0n) is 10.4. The molecule has 0 saturated carbocycles. The number of carbonyl (C=O) groups is 1. The van der Waals surface area contributed by atoms with Gasteiger partial charge in [0.15, 0.2) is 0 Å². The van der Waals surface area contributed by atoms with Crippen LogP contribution in [0.5, 0.6) is 0 Å². The minimum atomic E-state index is -0.922. The Hall–Kier alpha value is -1.62. The van der Waals surface area contributed by atoms with E-state index in [9.17, 15) is 4.79 Å². The predicted octanol–water partition coefficient (Wildman–Crippen LogP) is 1.56. The third-order valence-corrected chi connectivity index (χ3v) is 3.40. The lowest BCUT2D eigenvalue weighted by atomic mass is 9.96. The summed E-state index contributed by atoms with van der Waals surface area (Å²) in [7, 11) is 0. The number of nitrogens with one attached hydrogen (secondary N) is 1. The number of pyridine rings is 1. The van der Waals surface area contributed by atoms with Crippen LogP contribution in [0.15, 0.2) is 24.5 Å². The Balaban J connectivity index is 1.72. The number of carboxylic acid groups (broad SMARTS) is 1. The van der Waals surface area contributed by atoms with Gasteiger partial charge in [-0.05, 0) is 49.5 Å². The Labute approximate surface area is 107 Å². The van der Waals surface area contributed by atoms with Gasteiger partial charge in [0.1, 0.15) is 0 Å². The van der Waals surface area contributed by atoms with Gasteiger partial charge in [0.25, 0.3) is 0 Å². The molecule has 0 unspecified atom stereocenters. The monoisotopic (exact) mass is 249 g/mol. The maximum Gasteiger partial charge on any atom is 0.404 e. The zero-order valence-corrected chi connectivity index (χ0v) is 10.4. The number of hydrogen-bond donors (Lipinski definition) is 2. The van der Waals surface area contributed by atoms with E-state index in [0.29, 0.717) is 12.5 Å². The summed E-state index contributed by atoms with van der Waals surface area (Å²) in [5.74, 6) is 0.481. The maximum atomic E-state index is 10.4. The Morgan fingerprint density at radius 1 is 1.39 bits per heavy atom. The van der Waals surface area contributed by atoms with Crippen LogP contribution < -0.4 is 5.32 Å². The molecule has 2 N–H and O–H groups in total. The van der Waals surface area contributed by atoms with Crippen LogP contribution in [0, 0.1) is 5.92 Å². The summed E-state index contributed by atoms with van der Waals surface area (Å²) in [6, 6.07) is 4.08. The molecular weight excluding hydrogens is 230 g/mol. The molecule has 2 rings (SSSR count). The first-order chi connectivity index (χ1) is 8.74. The maximum absolute atomic E-state index is 10.4. The fraction of sp³-hybridized carbons (Fsp3) is 0.538. The molecule has 0 aromatic carbocycles. The fourth-order valence-corrected chi connectivity index (χ4v) is 2.33. The van der Waals surface area contributed by atoms with Crippen LogP contribution in [-0.4, -0.2) is 40.7 Å². The van der Waals surface area contributed by atoms with Crippen molar-refractivity contribution >= 4 is 6.09 Å². The molecule has 1 aliphatic heterocycles. The van der Waals surface area contributed by atoms with Crippen molar-refractivity contribution in [2.45, 2.75) is 19.4 Å². The first kappa shape index (κ1) is 12.8. The Morgan fingerprint density at radius 2 is 2.06 bits per heavy atom. The van der Waals surface area contributed by atoms with Gasteiger partial charge in [-0.15, -0.1) is 0 Å². The van der Waals surface area contributed by atoms with Crippen molar-refractivity contribution in [2.75, 3.05) is 19.6 Å². The molecule has 0 aliphatic carbocycles. The van der Waals surface area contributed by atoms with Gasteiger partial charge in [0.2, 0.25) is 0 Å². The van der Waals surface area contributed by atoms with Crippen molar-refractivity contribution in [1.82, 2.24) is 15.2 Å². The van der Waals surface area contributed by atoms with Crippen LogP contribution in [0.3, 0.4) is 0 Å². The average Bonchev–Trinajstić information content (AvgIpc) is 2.39. The molecule has 1 aromatic heterocycles. The highest BCUT2D eigenvalue weighted by Gasteiger charge is 2.19. The SMILES string of the molecule is O=C(O)NCC1CCN(Cc2ccncc2)CC1. The second kappa shape index (κ2) is 6.35. The smallest absolute Gasteiger partial charge is 0.404 e. The summed E-state index contributed by atoms with van der Waals surface area (Å²) < 4.78 is 0. The molecule has 1 saturated heterocycles. The molecule has 0 radical (unpaired) electrons. The highest BCUT2D eigenvalue weighted by molar-refractivity contribution is 5.64. The van der Waals surface area contributed by atoms with Crippen LogP contribution in [0.25, 0.3) is 0 Å². The Kier molecular flexibility index (Phi) is 4.52. The van der Waals surface area contributed by atoms with Crippen LogP contribution in [0.1, 0.15) is 18.4 Å². The van der Waals surface area contributed by atoms with Gasteiger partial charge in [-0.1, -0.05) is 0 Å². The van der Waals surface area contributed by atoms with Crippen molar-refractivity contribution < 1.29 is 9.90 Å². The second-order valence-corrected chi connectivity index (χ2v) is 4.76. The van der Waals surface area contributed by atoms with Crippen molar-refractivity contribution in [2.24, 2.45) is 5.92 Å². The lowest BCUT2D eigenvalue weighted by Crippen LogP contribution is -2.37. The van der Waals surface area contributed by atoms with E-state index >= 15 is 0 Å². The average molecular weight is 249 g/mol. The quantitative estimate of drug-likeness (QED) is 0.850. The topological polar surface area (TPSA) is 65.5 Å². The van der Waals surface area contributed by atoms with Crippen molar-refractivity contribution in [3.8, 4) is 0 Å². The molecule has 0 atom stereocenters. The molecule has 1 amide bonds. The molecule has 5 heteroatoms. The molecule has 0 bridgehead atoms. The molecule has 98 valence electrons. The Bertz CT molecular complexity index is 375. The van der Waals surface area contributed by atoms with E-state index in [-0.39, 0.29) is 0 Å². The zero-order chi connectivity index (χ0) is 12.8. The molecule has 0 spiro atoms. The molecule has 18 heavy (non-hydrogen) atoms. The molecule has 2 heterocycles. The van der Waals surface area contributed by atoms with Crippen molar-refractivity contribution in [3.05, 3.63) is 30.1 Å². The predicted molar refractivity (Wildman–Crippen MR) is 68.3 cm³/mol. The summed E-state index contributed by atoms with van der Waals surface area (Å²) in [4.78, 5) is 16.8. The number of piperidine rings is 1. The summed E-state index contributed by atoms with van der Waals surface area (Å²) in [5.41, 5.74) is 1.28. The van der Waals surface area contributed by atoms with Gasteiger partial charge in [0.05, 0.1) is 0 Å². The van der Waals surface area contributed by atoms with Crippen molar-refractivity contribution in [1.29, 1.82) is 0 Å². The fourth-order valence-electron chi connectivity index (χ4n) is 2.33. The lowest BCUT2D eigenvalue weighted by molar-refractivity contribution is 0.166. The van der Waals surface area contributed by atoms with E-state index in [2.05, 4.69) is 15.2 Å². The van der Waals surface area contributed by atoms with Crippen LogP contribution in [-0.2, 0) is 6.54 Å². The third kappa shape index (κ3) is 4.00. The second-order valence-electron chi connectivity index (χ2n) is 4.76. The van der Waals surface area contributed by atoms with E-state index in [4.69, 9.17) is 5.11 Å². The number of rotatable bonds is 4. The molecular formula is C13H19N3O2. The van der Waals surface area contributed by atoms with Crippen LogP contribution in [0.2, 0.25) is 0 Å². The summed E-state index contributed by atoms with van der Waals surface area (Å²) in [6.45, 7) is 3.61. The minimum absolute atomic E-state index is 0.481. The van der Waals surface area contributed by atoms with E-state index in [1.54, 1.807) is 0 Å². The lowest BCUT2D eigenvalue weighted by Gasteiger charge is -2.31. The van der Waals surface area contributed by atoms with Gasteiger partial charge in [-0.25, -0.2) is 4.79 Å². The van der Waals surface area contributed by atoms with Crippen molar-refractivity contribution in [3.63, 3.8) is 0 Å². The van der Waals surface area contributed by atoms with Gasteiger partial charge in [0, 0.05) is 25.5 Å². The molecule has 1 fully saturated rings. The van der Waals surface area contributed by atoms with Crippen LogP contribution >= 0.6 is 0 Å². The summed E-state index contributed by atoms with van der Waals surface area (Å²) in [6.07, 6.45) is 4.84. The normalized spacial score (nSPS) is 17.6. The highest BCUT2D eigenvalue weighted by atomic mass is 16.4. The Morgan fingerprint density at radius 3 is 2.67 bits per heavy atom.